The molecule has 7 heteroatoms. The summed E-state index contributed by atoms with van der Waals surface area (Å²) in [7, 11) is 1.61. The highest BCUT2D eigenvalue weighted by molar-refractivity contribution is 5.76. The Kier molecular flexibility index (Phi) is 3.74. The standard InChI is InChI=1S/C18H14N4O3/c1-24-14-8-6-12(7-9-14)17-19-13(11-25-17)10-22-18(23)15-4-2-3-5-16(15)20-21-22/h2-9,11H,10H2,1H3. The van der Waals surface area contributed by atoms with Crippen LogP contribution in [0.3, 0.4) is 0 Å². The molecule has 0 amide bonds. The van der Waals surface area contributed by atoms with E-state index in [2.05, 4.69) is 15.3 Å². The lowest BCUT2D eigenvalue weighted by Gasteiger charge is -2.02. The fraction of sp³-hybridized carbons (Fsp3) is 0.111. The van der Waals surface area contributed by atoms with Gasteiger partial charge in [-0.05, 0) is 36.4 Å². The number of methoxy groups -OCH3 is 1. The van der Waals surface area contributed by atoms with E-state index in [0.29, 0.717) is 22.5 Å². The van der Waals surface area contributed by atoms with Gasteiger partial charge in [0.2, 0.25) is 5.89 Å². The van der Waals surface area contributed by atoms with Gasteiger partial charge in [-0.2, -0.15) is 0 Å². The van der Waals surface area contributed by atoms with Gasteiger partial charge in [-0.25, -0.2) is 9.67 Å². The molecule has 0 atom stereocenters. The van der Waals surface area contributed by atoms with Crippen molar-refractivity contribution in [3.63, 3.8) is 0 Å². The van der Waals surface area contributed by atoms with Crippen molar-refractivity contribution in [3.8, 4) is 17.2 Å². The zero-order valence-corrected chi connectivity index (χ0v) is 13.4. The topological polar surface area (TPSA) is 83.0 Å². The first kappa shape index (κ1) is 15.1. The van der Waals surface area contributed by atoms with Gasteiger partial charge in [-0.1, -0.05) is 17.3 Å². The first-order valence-electron chi connectivity index (χ1n) is 7.66. The smallest absolute Gasteiger partial charge is 0.277 e. The molecule has 124 valence electrons. The Balaban J connectivity index is 1.63. The molecule has 0 unspecified atom stereocenters. The van der Waals surface area contributed by atoms with E-state index in [-0.39, 0.29) is 12.1 Å². The van der Waals surface area contributed by atoms with Crippen LogP contribution in [-0.4, -0.2) is 27.1 Å². The molecular weight excluding hydrogens is 320 g/mol. The van der Waals surface area contributed by atoms with Gasteiger partial charge in [0.1, 0.15) is 23.2 Å². The number of oxazole rings is 1. The van der Waals surface area contributed by atoms with Crippen LogP contribution in [0.4, 0.5) is 0 Å². The highest BCUT2D eigenvalue weighted by Crippen LogP contribution is 2.21. The Hall–Kier alpha value is -3.48. The summed E-state index contributed by atoms with van der Waals surface area (Å²) < 4.78 is 11.9. The largest absolute Gasteiger partial charge is 0.497 e. The maximum absolute atomic E-state index is 12.5. The van der Waals surface area contributed by atoms with Gasteiger partial charge >= 0.3 is 0 Å². The molecule has 4 aromatic rings. The summed E-state index contributed by atoms with van der Waals surface area (Å²) in [5.41, 5.74) is 1.78. The lowest BCUT2D eigenvalue weighted by molar-refractivity contribution is 0.415. The van der Waals surface area contributed by atoms with Crippen LogP contribution in [0.15, 0.2) is 64.0 Å². The predicted octanol–water partition coefficient (Wildman–Crippen LogP) is 2.50. The van der Waals surface area contributed by atoms with E-state index >= 15 is 0 Å². The molecule has 7 nitrogen and oxygen atoms in total. The predicted molar refractivity (Wildman–Crippen MR) is 91.4 cm³/mol. The monoisotopic (exact) mass is 334 g/mol. The normalized spacial score (nSPS) is 10.9. The molecule has 0 aliphatic heterocycles. The lowest BCUT2D eigenvalue weighted by atomic mass is 10.2. The van der Waals surface area contributed by atoms with Crippen LogP contribution >= 0.6 is 0 Å². The third-order valence-electron chi connectivity index (χ3n) is 3.83. The SMILES string of the molecule is COc1ccc(-c2nc(Cn3nnc4ccccc4c3=O)co2)cc1. The van der Waals surface area contributed by atoms with Crippen molar-refractivity contribution in [3.05, 3.63) is 70.8 Å². The Labute approximate surface area is 142 Å². The molecule has 0 aliphatic rings. The fourth-order valence-electron chi connectivity index (χ4n) is 2.53. The van der Waals surface area contributed by atoms with Crippen molar-refractivity contribution in [2.75, 3.05) is 7.11 Å². The number of hydrogen-bond acceptors (Lipinski definition) is 6. The molecule has 4 rings (SSSR count). The zero-order valence-electron chi connectivity index (χ0n) is 13.4. The second-order valence-corrected chi connectivity index (χ2v) is 5.44. The molecule has 2 aromatic heterocycles. The molecule has 0 spiro atoms. The van der Waals surface area contributed by atoms with Crippen LogP contribution in [0.2, 0.25) is 0 Å². The van der Waals surface area contributed by atoms with Gasteiger partial charge in [0.25, 0.3) is 5.56 Å². The number of rotatable bonds is 4. The number of ether oxygens (including phenoxy) is 1. The quantitative estimate of drug-likeness (QED) is 0.570. The van der Waals surface area contributed by atoms with E-state index in [0.717, 1.165) is 11.3 Å². The van der Waals surface area contributed by atoms with Gasteiger partial charge in [0.15, 0.2) is 0 Å². The molecular formula is C18H14N4O3. The fourth-order valence-corrected chi connectivity index (χ4v) is 2.53. The number of fused-ring (bicyclic) bond motifs is 1. The Morgan fingerprint density at radius 3 is 2.72 bits per heavy atom. The van der Waals surface area contributed by atoms with Gasteiger partial charge in [-0.3, -0.25) is 4.79 Å². The Morgan fingerprint density at radius 2 is 1.92 bits per heavy atom. The highest BCUT2D eigenvalue weighted by atomic mass is 16.5. The van der Waals surface area contributed by atoms with E-state index in [1.165, 1.54) is 10.9 Å². The van der Waals surface area contributed by atoms with Gasteiger partial charge in [-0.15, -0.1) is 5.10 Å². The highest BCUT2D eigenvalue weighted by Gasteiger charge is 2.10. The zero-order chi connectivity index (χ0) is 17.2. The van der Waals surface area contributed by atoms with Crippen molar-refractivity contribution < 1.29 is 9.15 Å². The second-order valence-electron chi connectivity index (χ2n) is 5.44. The molecule has 0 N–H and O–H groups in total. The summed E-state index contributed by atoms with van der Waals surface area (Å²) >= 11 is 0. The molecule has 25 heavy (non-hydrogen) atoms. The molecule has 0 aliphatic carbocycles. The lowest BCUT2D eigenvalue weighted by Crippen LogP contribution is -2.24. The molecule has 0 saturated heterocycles. The third-order valence-corrected chi connectivity index (χ3v) is 3.83. The van der Waals surface area contributed by atoms with E-state index in [9.17, 15) is 4.79 Å². The van der Waals surface area contributed by atoms with Gasteiger partial charge in [0.05, 0.1) is 19.0 Å². The van der Waals surface area contributed by atoms with Crippen molar-refractivity contribution >= 4 is 10.9 Å². The van der Waals surface area contributed by atoms with Gasteiger partial charge < -0.3 is 9.15 Å². The number of hydrogen-bond donors (Lipinski definition) is 0. The van der Waals surface area contributed by atoms with E-state index in [1.54, 1.807) is 25.3 Å². The molecule has 0 bridgehead atoms. The summed E-state index contributed by atoms with van der Waals surface area (Å²) in [5, 5.41) is 8.55. The van der Waals surface area contributed by atoms with Crippen molar-refractivity contribution in [2.24, 2.45) is 0 Å². The summed E-state index contributed by atoms with van der Waals surface area (Å²) in [6.07, 6.45) is 1.52. The summed E-state index contributed by atoms with van der Waals surface area (Å²) in [4.78, 5) is 16.9. The number of nitrogens with zero attached hydrogens (tertiary/aromatic N) is 4. The van der Waals surface area contributed by atoms with Crippen molar-refractivity contribution in [2.45, 2.75) is 6.54 Å². The molecule has 0 fully saturated rings. The van der Waals surface area contributed by atoms with E-state index < -0.39 is 0 Å². The van der Waals surface area contributed by atoms with E-state index in [1.807, 2.05) is 30.3 Å². The minimum absolute atomic E-state index is 0.191. The molecule has 0 radical (unpaired) electrons. The third kappa shape index (κ3) is 2.87. The summed E-state index contributed by atoms with van der Waals surface area (Å²) in [6.45, 7) is 0.191. The average molecular weight is 334 g/mol. The molecule has 2 aromatic carbocycles. The first-order valence-corrected chi connectivity index (χ1v) is 7.66. The molecule has 2 heterocycles. The number of benzene rings is 2. The molecule has 0 saturated carbocycles. The van der Waals surface area contributed by atoms with Gasteiger partial charge in [0, 0.05) is 5.56 Å². The Morgan fingerprint density at radius 1 is 1.12 bits per heavy atom. The van der Waals surface area contributed by atoms with Crippen LogP contribution in [0.1, 0.15) is 5.69 Å². The summed E-state index contributed by atoms with van der Waals surface area (Å²) in [5.74, 6) is 1.23. The maximum atomic E-state index is 12.5. The minimum atomic E-state index is -0.209. The van der Waals surface area contributed by atoms with Crippen LogP contribution < -0.4 is 10.3 Å². The Bertz CT molecular complexity index is 1080. The average Bonchev–Trinajstić information content (AvgIpc) is 3.13. The minimum Gasteiger partial charge on any atom is -0.497 e. The summed E-state index contributed by atoms with van der Waals surface area (Å²) in [6, 6.07) is 14.5. The first-order chi connectivity index (χ1) is 12.2. The number of aromatic nitrogens is 4. The van der Waals surface area contributed by atoms with Crippen LogP contribution in [0.25, 0.3) is 22.4 Å². The van der Waals surface area contributed by atoms with Crippen LogP contribution in [0.5, 0.6) is 5.75 Å². The van der Waals surface area contributed by atoms with E-state index in [4.69, 9.17) is 9.15 Å². The van der Waals surface area contributed by atoms with Crippen LogP contribution in [-0.2, 0) is 6.54 Å². The van der Waals surface area contributed by atoms with Crippen LogP contribution in [0, 0.1) is 0 Å². The maximum Gasteiger partial charge on any atom is 0.277 e. The van der Waals surface area contributed by atoms with Crippen molar-refractivity contribution in [1.29, 1.82) is 0 Å². The second kappa shape index (κ2) is 6.20. The van der Waals surface area contributed by atoms with Crippen molar-refractivity contribution in [1.82, 2.24) is 20.0 Å².